The molecule has 0 amide bonds. The first-order valence-electron chi connectivity index (χ1n) is 4.09. The van der Waals surface area contributed by atoms with Gasteiger partial charge in [-0.3, -0.25) is 9.59 Å². The molecule has 0 saturated heterocycles. The second-order valence-electron chi connectivity index (χ2n) is 2.74. The summed E-state index contributed by atoms with van der Waals surface area (Å²) in [5.74, 6) is 0.158. The third-order valence-electron chi connectivity index (χ3n) is 1.66. The van der Waals surface area contributed by atoms with E-state index in [9.17, 15) is 9.59 Å². The van der Waals surface area contributed by atoms with Crippen molar-refractivity contribution < 1.29 is 19.1 Å². The summed E-state index contributed by atoms with van der Waals surface area (Å²) < 4.78 is 10.5. The lowest BCUT2D eigenvalue weighted by atomic mass is 10.2. The fraction of sp³-hybridized carbons (Fsp3) is 0.200. The van der Waals surface area contributed by atoms with E-state index < -0.39 is 5.97 Å². The Labute approximate surface area is 95.3 Å². The van der Waals surface area contributed by atoms with E-state index in [0.29, 0.717) is 22.1 Å². The summed E-state index contributed by atoms with van der Waals surface area (Å²) in [4.78, 5) is 21.4. The number of carbonyl (C=O) groups is 2. The summed E-state index contributed by atoms with van der Waals surface area (Å²) in [6.45, 7) is 1.28. The van der Waals surface area contributed by atoms with Crippen molar-refractivity contribution in [1.82, 2.24) is 0 Å². The third-order valence-corrected chi connectivity index (χ3v) is 2.35. The van der Waals surface area contributed by atoms with E-state index in [0.717, 1.165) is 0 Å². The molecule has 5 heteroatoms. The van der Waals surface area contributed by atoms with Crippen molar-refractivity contribution in [2.45, 2.75) is 6.92 Å². The molecule has 1 aromatic carbocycles. The first-order valence-corrected chi connectivity index (χ1v) is 4.89. The Kier molecular flexibility index (Phi) is 3.85. The number of ether oxygens (including phenoxy) is 2. The van der Waals surface area contributed by atoms with Gasteiger partial charge in [0.25, 0.3) is 0 Å². The molecule has 1 aromatic rings. The monoisotopic (exact) mass is 272 g/mol. The number of carbonyl (C=O) groups excluding carboxylic acids is 2. The van der Waals surface area contributed by atoms with Gasteiger partial charge in [-0.2, -0.15) is 0 Å². The molecule has 0 radical (unpaired) electrons. The average Bonchev–Trinajstić information content (AvgIpc) is 2.19. The van der Waals surface area contributed by atoms with Crippen LogP contribution in [0.1, 0.15) is 17.3 Å². The highest BCUT2D eigenvalue weighted by Gasteiger charge is 2.11. The van der Waals surface area contributed by atoms with Gasteiger partial charge >= 0.3 is 5.97 Å². The summed E-state index contributed by atoms with van der Waals surface area (Å²) in [7, 11) is 1.45. The molecule has 0 aliphatic heterocycles. The van der Waals surface area contributed by atoms with Crippen LogP contribution in [-0.4, -0.2) is 19.4 Å². The number of benzene rings is 1. The van der Waals surface area contributed by atoms with Gasteiger partial charge in [-0.25, -0.2) is 0 Å². The van der Waals surface area contributed by atoms with Crippen molar-refractivity contribution in [2.75, 3.05) is 7.11 Å². The van der Waals surface area contributed by atoms with Crippen molar-refractivity contribution in [3.8, 4) is 11.5 Å². The van der Waals surface area contributed by atoms with Gasteiger partial charge in [0, 0.05) is 17.0 Å². The largest absolute Gasteiger partial charge is 0.493 e. The topological polar surface area (TPSA) is 52.6 Å². The minimum atomic E-state index is -0.465. The molecule has 0 unspecified atom stereocenters. The van der Waals surface area contributed by atoms with Crippen LogP contribution in [0.3, 0.4) is 0 Å². The number of halogens is 1. The SMILES string of the molecule is COc1cc(Br)c(C=O)cc1OC(C)=O. The quantitative estimate of drug-likeness (QED) is 0.481. The van der Waals surface area contributed by atoms with Gasteiger partial charge in [-0.05, 0) is 28.1 Å². The van der Waals surface area contributed by atoms with Crippen LogP contribution in [0.2, 0.25) is 0 Å². The fourth-order valence-corrected chi connectivity index (χ4v) is 1.45. The highest BCUT2D eigenvalue weighted by atomic mass is 79.9. The second kappa shape index (κ2) is 4.93. The van der Waals surface area contributed by atoms with Crippen LogP contribution in [0.15, 0.2) is 16.6 Å². The van der Waals surface area contributed by atoms with Gasteiger partial charge < -0.3 is 9.47 Å². The fourth-order valence-electron chi connectivity index (χ4n) is 1.04. The number of esters is 1. The lowest BCUT2D eigenvalue weighted by molar-refractivity contribution is -0.132. The van der Waals surface area contributed by atoms with Crippen LogP contribution in [0.4, 0.5) is 0 Å². The van der Waals surface area contributed by atoms with Gasteiger partial charge in [0.2, 0.25) is 0 Å². The lowest BCUT2D eigenvalue weighted by Gasteiger charge is -2.09. The van der Waals surface area contributed by atoms with E-state index in [1.165, 1.54) is 20.1 Å². The Morgan fingerprint density at radius 2 is 2.07 bits per heavy atom. The number of hydrogen-bond donors (Lipinski definition) is 0. The first-order chi connectivity index (χ1) is 7.08. The van der Waals surface area contributed by atoms with Crippen molar-refractivity contribution in [3.63, 3.8) is 0 Å². The maximum Gasteiger partial charge on any atom is 0.308 e. The lowest BCUT2D eigenvalue weighted by Crippen LogP contribution is -2.03. The summed E-state index contributed by atoms with van der Waals surface area (Å²) in [6.07, 6.45) is 0.663. The van der Waals surface area contributed by atoms with Crippen LogP contribution >= 0.6 is 15.9 Å². The van der Waals surface area contributed by atoms with Crippen LogP contribution < -0.4 is 9.47 Å². The number of rotatable bonds is 3. The minimum absolute atomic E-state index is 0.232. The highest BCUT2D eigenvalue weighted by Crippen LogP contribution is 2.32. The molecule has 1 rings (SSSR count). The van der Waals surface area contributed by atoms with Gasteiger partial charge in [-0.15, -0.1) is 0 Å². The van der Waals surface area contributed by atoms with Gasteiger partial charge in [0.05, 0.1) is 7.11 Å². The summed E-state index contributed by atoms with van der Waals surface area (Å²) in [6, 6.07) is 3.01. The molecule has 0 heterocycles. The van der Waals surface area contributed by atoms with Crippen molar-refractivity contribution in [1.29, 1.82) is 0 Å². The van der Waals surface area contributed by atoms with Crippen molar-refractivity contribution in [2.24, 2.45) is 0 Å². The molecular formula is C10H9BrO4. The molecule has 0 spiro atoms. The predicted molar refractivity (Wildman–Crippen MR) is 57.4 cm³/mol. The standard InChI is InChI=1S/C10H9BrO4/c1-6(13)15-10-3-7(5-12)8(11)4-9(10)14-2/h3-5H,1-2H3. The Morgan fingerprint density at radius 1 is 1.40 bits per heavy atom. The molecular weight excluding hydrogens is 264 g/mol. The molecule has 0 saturated carbocycles. The van der Waals surface area contributed by atoms with E-state index in [2.05, 4.69) is 15.9 Å². The summed E-state index contributed by atoms with van der Waals surface area (Å²) >= 11 is 3.20. The number of aldehydes is 1. The first kappa shape index (κ1) is 11.7. The van der Waals surface area contributed by atoms with Crippen LogP contribution in [0.5, 0.6) is 11.5 Å². The molecule has 4 nitrogen and oxygen atoms in total. The maximum absolute atomic E-state index is 10.8. The van der Waals surface area contributed by atoms with Crippen molar-refractivity contribution >= 4 is 28.2 Å². The zero-order valence-corrected chi connectivity index (χ0v) is 9.83. The number of methoxy groups -OCH3 is 1. The summed E-state index contributed by atoms with van der Waals surface area (Å²) in [5, 5.41) is 0. The maximum atomic E-state index is 10.8. The van der Waals surface area contributed by atoms with Crippen LogP contribution in [0, 0.1) is 0 Å². The predicted octanol–water partition coefficient (Wildman–Crippen LogP) is 2.20. The van der Waals surface area contributed by atoms with E-state index in [1.54, 1.807) is 6.07 Å². The molecule has 0 fully saturated rings. The molecule has 0 N–H and O–H groups in total. The Balaban J connectivity index is 3.21. The zero-order valence-electron chi connectivity index (χ0n) is 8.24. The molecule has 0 bridgehead atoms. The second-order valence-corrected chi connectivity index (χ2v) is 3.59. The number of hydrogen-bond acceptors (Lipinski definition) is 4. The van der Waals surface area contributed by atoms with E-state index in [1.807, 2.05) is 0 Å². The summed E-state index contributed by atoms with van der Waals surface area (Å²) in [5.41, 5.74) is 0.395. The van der Waals surface area contributed by atoms with E-state index in [4.69, 9.17) is 9.47 Å². The third kappa shape index (κ3) is 2.79. The van der Waals surface area contributed by atoms with Gasteiger partial charge in [0.1, 0.15) is 0 Å². The Bertz CT molecular complexity index is 401. The van der Waals surface area contributed by atoms with Gasteiger partial charge in [-0.1, -0.05) is 0 Å². The van der Waals surface area contributed by atoms with E-state index in [-0.39, 0.29) is 5.75 Å². The van der Waals surface area contributed by atoms with E-state index >= 15 is 0 Å². The Hall–Kier alpha value is -1.36. The normalized spacial score (nSPS) is 9.53. The van der Waals surface area contributed by atoms with Crippen molar-refractivity contribution in [3.05, 3.63) is 22.2 Å². The highest BCUT2D eigenvalue weighted by molar-refractivity contribution is 9.10. The minimum Gasteiger partial charge on any atom is -0.493 e. The molecule has 0 aromatic heterocycles. The molecule has 15 heavy (non-hydrogen) atoms. The molecule has 0 aliphatic carbocycles. The average molecular weight is 273 g/mol. The zero-order chi connectivity index (χ0) is 11.4. The Morgan fingerprint density at radius 3 is 2.53 bits per heavy atom. The van der Waals surface area contributed by atoms with Gasteiger partial charge in [0.15, 0.2) is 17.8 Å². The van der Waals surface area contributed by atoms with Crippen LogP contribution in [0.25, 0.3) is 0 Å². The molecule has 0 atom stereocenters. The smallest absolute Gasteiger partial charge is 0.308 e. The molecule has 0 aliphatic rings. The van der Waals surface area contributed by atoms with Crippen LogP contribution in [-0.2, 0) is 4.79 Å². The molecule has 80 valence electrons.